The van der Waals surface area contributed by atoms with Crippen molar-refractivity contribution < 1.29 is 0 Å². The Morgan fingerprint density at radius 3 is 2.78 bits per heavy atom. The predicted molar refractivity (Wildman–Crippen MR) is 81.6 cm³/mol. The minimum atomic E-state index is 0.317. The third kappa shape index (κ3) is 4.16. The molecule has 1 aliphatic rings. The van der Waals surface area contributed by atoms with Crippen LogP contribution < -0.4 is 5.32 Å². The van der Waals surface area contributed by atoms with Gasteiger partial charge in [-0.05, 0) is 18.6 Å². The molecule has 4 heteroatoms. The van der Waals surface area contributed by atoms with Crippen LogP contribution in [0.15, 0.2) is 24.3 Å². The number of thioether (sulfide) groups is 1. The molecule has 100 valence electrons. The Balaban J connectivity index is 1.74. The Labute approximate surface area is 119 Å². The summed E-state index contributed by atoms with van der Waals surface area (Å²) in [7, 11) is 0. The van der Waals surface area contributed by atoms with Gasteiger partial charge in [-0.15, -0.1) is 0 Å². The molecule has 1 N–H and O–H groups in total. The zero-order valence-electron chi connectivity index (χ0n) is 10.9. The molecule has 0 aliphatic carbocycles. The van der Waals surface area contributed by atoms with Crippen molar-refractivity contribution in [2.75, 3.05) is 37.7 Å². The van der Waals surface area contributed by atoms with Crippen LogP contribution in [-0.2, 0) is 0 Å². The summed E-state index contributed by atoms with van der Waals surface area (Å²) in [5.41, 5.74) is 1.19. The van der Waals surface area contributed by atoms with E-state index in [4.69, 9.17) is 11.6 Å². The molecule has 1 saturated heterocycles. The number of nitrogens with zero attached hydrogens (tertiary/aromatic N) is 1. The van der Waals surface area contributed by atoms with Gasteiger partial charge in [-0.2, -0.15) is 11.8 Å². The molecular weight excluding hydrogens is 264 g/mol. The third-order valence-corrected chi connectivity index (χ3v) is 4.64. The summed E-state index contributed by atoms with van der Waals surface area (Å²) in [4.78, 5) is 2.53. The van der Waals surface area contributed by atoms with E-state index in [1.807, 2.05) is 18.2 Å². The second kappa shape index (κ2) is 7.39. The van der Waals surface area contributed by atoms with E-state index in [0.29, 0.717) is 6.04 Å². The number of benzene rings is 1. The van der Waals surface area contributed by atoms with E-state index < -0.39 is 0 Å². The van der Waals surface area contributed by atoms with Crippen molar-refractivity contribution in [3.05, 3.63) is 34.9 Å². The highest BCUT2D eigenvalue weighted by molar-refractivity contribution is 7.99. The third-order valence-electron chi connectivity index (χ3n) is 3.35. The first-order valence-electron chi connectivity index (χ1n) is 6.55. The molecule has 0 amide bonds. The highest BCUT2D eigenvalue weighted by atomic mass is 35.5. The van der Waals surface area contributed by atoms with Gasteiger partial charge in [0.25, 0.3) is 0 Å². The molecule has 0 aromatic heterocycles. The van der Waals surface area contributed by atoms with E-state index in [2.05, 4.69) is 35.0 Å². The summed E-state index contributed by atoms with van der Waals surface area (Å²) in [5, 5.41) is 4.41. The Morgan fingerprint density at radius 1 is 1.33 bits per heavy atom. The molecule has 2 nitrogen and oxygen atoms in total. The SMILES string of the molecule is CC(NCCN1CCSCC1)c1ccccc1Cl. The van der Waals surface area contributed by atoms with Crippen LogP contribution in [0.2, 0.25) is 5.02 Å². The molecule has 0 radical (unpaired) electrons. The first-order chi connectivity index (χ1) is 8.77. The standard InChI is InChI=1S/C14H21ClN2S/c1-12(13-4-2-3-5-14(13)15)16-6-7-17-8-10-18-11-9-17/h2-5,12,16H,6-11H2,1H3. The lowest BCUT2D eigenvalue weighted by molar-refractivity contribution is 0.297. The molecule has 0 spiro atoms. The van der Waals surface area contributed by atoms with Crippen molar-refractivity contribution in [2.45, 2.75) is 13.0 Å². The van der Waals surface area contributed by atoms with Crippen LogP contribution in [0.3, 0.4) is 0 Å². The summed E-state index contributed by atoms with van der Waals surface area (Å²) >= 11 is 8.25. The van der Waals surface area contributed by atoms with Crippen LogP contribution >= 0.6 is 23.4 Å². The topological polar surface area (TPSA) is 15.3 Å². The van der Waals surface area contributed by atoms with Gasteiger partial charge in [0.15, 0.2) is 0 Å². The molecule has 1 heterocycles. The van der Waals surface area contributed by atoms with Gasteiger partial charge in [0.1, 0.15) is 0 Å². The summed E-state index contributed by atoms with van der Waals surface area (Å²) < 4.78 is 0. The zero-order chi connectivity index (χ0) is 12.8. The molecule has 2 rings (SSSR count). The second-order valence-electron chi connectivity index (χ2n) is 4.65. The normalized spacial score (nSPS) is 18.8. The van der Waals surface area contributed by atoms with Gasteiger partial charge >= 0.3 is 0 Å². The van der Waals surface area contributed by atoms with Gasteiger partial charge in [-0.3, -0.25) is 0 Å². The van der Waals surface area contributed by atoms with Crippen molar-refractivity contribution in [1.82, 2.24) is 10.2 Å². The van der Waals surface area contributed by atoms with E-state index in [-0.39, 0.29) is 0 Å². The van der Waals surface area contributed by atoms with Gasteiger partial charge in [0.05, 0.1) is 0 Å². The van der Waals surface area contributed by atoms with Crippen molar-refractivity contribution in [2.24, 2.45) is 0 Å². The van der Waals surface area contributed by atoms with Gasteiger partial charge in [-0.25, -0.2) is 0 Å². The van der Waals surface area contributed by atoms with E-state index in [1.54, 1.807) is 0 Å². The summed E-state index contributed by atoms with van der Waals surface area (Å²) in [5.74, 6) is 2.56. The molecule has 1 fully saturated rings. The van der Waals surface area contributed by atoms with E-state index in [9.17, 15) is 0 Å². The fourth-order valence-corrected chi connectivity index (χ4v) is 3.48. The highest BCUT2D eigenvalue weighted by Crippen LogP contribution is 2.21. The molecule has 1 atom stereocenters. The number of halogens is 1. The maximum atomic E-state index is 6.19. The van der Waals surface area contributed by atoms with Crippen molar-refractivity contribution in [1.29, 1.82) is 0 Å². The quantitative estimate of drug-likeness (QED) is 0.895. The van der Waals surface area contributed by atoms with Gasteiger partial charge in [0, 0.05) is 48.7 Å². The van der Waals surface area contributed by atoms with E-state index >= 15 is 0 Å². The molecule has 0 saturated carbocycles. The summed E-state index contributed by atoms with van der Waals surface area (Å²) in [6.45, 7) is 6.79. The molecule has 1 aromatic rings. The number of nitrogens with one attached hydrogen (secondary N) is 1. The Morgan fingerprint density at radius 2 is 2.06 bits per heavy atom. The maximum absolute atomic E-state index is 6.19. The van der Waals surface area contributed by atoms with Crippen molar-refractivity contribution in [3.8, 4) is 0 Å². The van der Waals surface area contributed by atoms with E-state index in [0.717, 1.165) is 18.1 Å². The molecule has 18 heavy (non-hydrogen) atoms. The minimum Gasteiger partial charge on any atom is -0.309 e. The Bertz CT molecular complexity index is 367. The van der Waals surface area contributed by atoms with Crippen LogP contribution in [0.25, 0.3) is 0 Å². The first-order valence-corrected chi connectivity index (χ1v) is 8.08. The fraction of sp³-hybridized carbons (Fsp3) is 0.571. The second-order valence-corrected chi connectivity index (χ2v) is 6.28. The number of hydrogen-bond acceptors (Lipinski definition) is 3. The lowest BCUT2D eigenvalue weighted by Gasteiger charge is -2.27. The Kier molecular flexibility index (Phi) is 5.83. The maximum Gasteiger partial charge on any atom is 0.0453 e. The zero-order valence-corrected chi connectivity index (χ0v) is 12.4. The van der Waals surface area contributed by atoms with Crippen LogP contribution in [-0.4, -0.2) is 42.6 Å². The average molecular weight is 285 g/mol. The number of rotatable bonds is 5. The lowest BCUT2D eigenvalue weighted by Crippen LogP contribution is -2.38. The van der Waals surface area contributed by atoms with Gasteiger partial charge < -0.3 is 10.2 Å². The fourth-order valence-electron chi connectivity index (χ4n) is 2.20. The lowest BCUT2D eigenvalue weighted by atomic mass is 10.1. The smallest absolute Gasteiger partial charge is 0.0453 e. The van der Waals surface area contributed by atoms with Crippen LogP contribution in [0.5, 0.6) is 0 Å². The van der Waals surface area contributed by atoms with Crippen LogP contribution in [0.1, 0.15) is 18.5 Å². The van der Waals surface area contributed by atoms with Crippen molar-refractivity contribution in [3.63, 3.8) is 0 Å². The molecule has 1 aromatic carbocycles. The predicted octanol–water partition coefficient (Wildman–Crippen LogP) is 3.04. The molecule has 1 unspecified atom stereocenters. The Hall–Kier alpha value is -0.220. The van der Waals surface area contributed by atoms with Gasteiger partial charge in [0.2, 0.25) is 0 Å². The highest BCUT2D eigenvalue weighted by Gasteiger charge is 2.11. The monoisotopic (exact) mass is 284 g/mol. The van der Waals surface area contributed by atoms with Gasteiger partial charge in [-0.1, -0.05) is 29.8 Å². The number of hydrogen-bond donors (Lipinski definition) is 1. The van der Waals surface area contributed by atoms with Crippen LogP contribution in [0, 0.1) is 0 Å². The molecular formula is C14H21ClN2S. The summed E-state index contributed by atoms with van der Waals surface area (Å²) in [6.07, 6.45) is 0. The van der Waals surface area contributed by atoms with Crippen LogP contribution in [0.4, 0.5) is 0 Å². The minimum absolute atomic E-state index is 0.317. The largest absolute Gasteiger partial charge is 0.309 e. The van der Waals surface area contributed by atoms with Crippen molar-refractivity contribution >= 4 is 23.4 Å². The van der Waals surface area contributed by atoms with E-state index in [1.165, 1.54) is 30.2 Å². The first kappa shape index (κ1) is 14.2. The average Bonchev–Trinajstić information content (AvgIpc) is 2.40. The molecule has 1 aliphatic heterocycles. The molecule has 0 bridgehead atoms. The summed E-state index contributed by atoms with van der Waals surface area (Å²) in [6, 6.07) is 8.39.